The lowest BCUT2D eigenvalue weighted by Gasteiger charge is -2.17. The maximum Gasteiger partial charge on any atom is 0.326 e. The van der Waals surface area contributed by atoms with E-state index in [0.29, 0.717) is 12.5 Å². The summed E-state index contributed by atoms with van der Waals surface area (Å²) in [7, 11) is 0. The Kier molecular flexibility index (Phi) is 5.79. The number of hydrogen-bond donors (Lipinski definition) is 2. The van der Waals surface area contributed by atoms with E-state index < -0.39 is 11.5 Å². The van der Waals surface area contributed by atoms with Gasteiger partial charge >= 0.3 is 5.97 Å². The average Bonchev–Trinajstić information content (AvgIpc) is 3.29. The minimum absolute atomic E-state index is 0.00933. The predicted octanol–water partition coefficient (Wildman–Crippen LogP) is 0.999. The molecule has 3 N–H and O–H groups in total. The van der Waals surface area contributed by atoms with E-state index in [4.69, 9.17) is 22.1 Å². The highest BCUT2D eigenvalue weighted by Crippen LogP contribution is 2.33. The Morgan fingerprint density at radius 2 is 2.36 bits per heavy atom. The van der Waals surface area contributed by atoms with Gasteiger partial charge in [0.05, 0.1) is 12.8 Å². The van der Waals surface area contributed by atoms with Gasteiger partial charge in [0.15, 0.2) is 5.82 Å². The second-order valence-electron chi connectivity index (χ2n) is 5.38. The van der Waals surface area contributed by atoms with Crippen molar-refractivity contribution in [1.29, 1.82) is 0 Å². The molecule has 1 saturated carbocycles. The van der Waals surface area contributed by atoms with Crippen LogP contribution in [0.15, 0.2) is 11.0 Å². The molecule has 1 aliphatic carbocycles. The average molecular weight is 329 g/mol. The molecule has 1 aliphatic rings. The standard InChI is InChI=1S/C14H21ClN4O3/c1-2-22-12(20)8-19-11(15)7-17-13(14(19)21)18-10(6-16)5-9-3-4-9/h7,9-10H,2-6,8,16H2,1H3,(H,17,18). The molecule has 0 amide bonds. The maximum atomic E-state index is 12.4. The van der Waals surface area contributed by atoms with Crippen LogP contribution < -0.4 is 16.6 Å². The SMILES string of the molecule is CCOC(=O)Cn1c(Cl)cnc(NC(CN)CC2CC2)c1=O. The quantitative estimate of drug-likeness (QED) is 0.691. The summed E-state index contributed by atoms with van der Waals surface area (Å²) in [6.45, 7) is 2.13. The monoisotopic (exact) mass is 328 g/mol. The van der Waals surface area contributed by atoms with Crippen molar-refractivity contribution in [1.82, 2.24) is 9.55 Å². The molecule has 2 rings (SSSR count). The van der Waals surface area contributed by atoms with Gasteiger partial charge in [-0.05, 0) is 19.3 Å². The zero-order valence-corrected chi connectivity index (χ0v) is 13.3. The first-order chi connectivity index (χ1) is 10.5. The van der Waals surface area contributed by atoms with E-state index >= 15 is 0 Å². The Labute approximate surface area is 133 Å². The van der Waals surface area contributed by atoms with Crippen molar-refractivity contribution in [2.24, 2.45) is 11.7 Å². The number of nitrogens with zero attached hydrogens (tertiary/aromatic N) is 2. The molecule has 0 radical (unpaired) electrons. The van der Waals surface area contributed by atoms with E-state index in [9.17, 15) is 9.59 Å². The third-order valence-electron chi connectivity index (χ3n) is 3.54. The first-order valence-electron chi connectivity index (χ1n) is 7.42. The minimum atomic E-state index is -0.517. The fourth-order valence-corrected chi connectivity index (χ4v) is 2.40. The normalized spacial score (nSPS) is 15.4. The first-order valence-corrected chi connectivity index (χ1v) is 7.80. The van der Waals surface area contributed by atoms with Crippen LogP contribution in [0.4, 0.5) is 5.82 Å². The molecule has 8 heteroatoms. The van der Waals surface area contributed by atoms with Crippen LogP contribution in [0.2, 0.25) is 5.15 Å². The fourth-order valence-electron chi connectivity index (χ4n) is 2.21. The molecule has 0 saturated heterocycles. The number of hydrogen-bond acceptors (Lipinski definition) is 6. The Hall–Kier alpha value is -1.60. The lowest BCUT2D eigenvalue weighted by atomic mass is 10.1. The van der Waals surface area contributed by atoms with E-state index in [1.54, 1.807) is 6.92 Å². The summed E-state index contributed by atoms with van der Waals surface area (Å²) in [5.41, 5.74) is 5.29. The molecule has 0 spiro atoms. The van der Waals surface area contributed by atoms with E-state index in [0.717, 1.165) is 11.0 Å². The topological polar surface area (TPSA) is 99.2 Å². The number of anilines is 1. The zero-order chi connectivity index (χ0) is 16.1. The van der Waals surface area contributed by atoms with Crippen LogP contribution in [0.3, 0.4) is 0 Å². The molecule has 22 heavy (non-hydrogen) atoms. The maximum absolute atomic E-state index is 12.4. The molecule has 0 aromatic carbocycles. The highest BCUT2D eigenvalue weighted by Gasteiger charge is 2.25. The molecule has 7 nitrogen and oxygen atoms in total. The van der Waals surface area contributed by atoms with Crippen LogP contribution in [0.5, 0.6) is 0 Å². The smallest absolute Gasteiger partial charge is 0.326 e. The van der Waals surface area contributed by atoms with Gasteiger partial charge < -0.3 is 15.8 Å². The number of ether oxygens (including phenoxy) is 1. The minimum Gasteiger partial charge on any atom is -0.465 e. The molecule has 1 heterocycles. The Bertz CT molecular complexity index is 586. The molecule has 0 bridgehead atoms. The Morgan fingerprint density at radius 3 is 2.95 bits per heavy atom. The van der Waals surface area contributed by atoms with Crippen LogP contribution >= 0.6 is 11.6 Å². The molecule has 1 fully saturated rings. The van der Waals surface area contributed by atoms with Crippen molar-refractivity contribution in [2.75, 3.05) is 18.5 Å². The van der Waals surface area contributed by atoms with Crippen LogP contribution in [0.1, 0.15) is 26.2 Å². The summed E-state index contributed by atoms with van der Waals surface area (Å²) < 4.78 is 5.98. The van der Waals surface area contributed by atoms with Gasteiger partial charge in [-0.15, -0.1) is 0 Å². The van der Waals surface area contributed by atoms with Gasteiger partial charge in [0.25, 0.3) is 5.56 Å². The number of aromatic nitrogens is 2. The van der Waals surface area contributed by atoms with E-state index in [1.165, 1.54) is 19.0 Å². The Morgan fingerprint density at radius 1 is 1.64 bits per heavy atom. The molecular formula is C14H21ClN4O3. The molecule has 1 atom stereocenters. The number of nitrogens with two attached hydrogens (primary N) is 1. The van der Waals surface area contributed by atoms with Crippen molar-refractivity contribution in [3.8, 4) is 0 Å². The number of nitrogens with one attached hydrogen (secondary N) is 1. The largest absolute Gasteiger partial charge is 0.465 e. The van der Waals surface area contributed by atoms with Crippen molar-refractivity contribution in [3.05, 3.63) is 21.7 Å². The number of rotatable bonds is 8. The third kappa shape index (κ3) is 4.45. The van der Waals surface area contributed by atoms with E-state index in [2.05, 4.69) is 10.3 Å². The highest BCUT2D eigenvalue weighted by molar-refractivity contribution is 6.29. The summed E-state index contributed by atoms with van der Waals surface area (Å²) in [5, 5.41) is 3.15. The van der Waals surface area contributed by atoms with Gasteiger partial charge in [-0.25, -0.2) is 4.98 Å². The molecular weight excluding hydrogens is 308 g/mol. The van der Waals surface area contributed by atoms with Crippen LogP contribution in [-0.4, -0.2) is 34.7 Å². The number of carbonyl (C=O) groups is 1. The molecule has 1 aromatic heterocycles. The van der Waals surface area contributed by atoms with Crippen molar-refractivity contribution < 1.29 is 9.53 Å². The molecule has 0 aliphatic heterocycles. The van der Waals surface area contributed by atoms with Crippen molar-refractivity contribution in [3.63, 3.8) is 0 Å². The van der Waals surface area contributed by atoms with Gasteiger partial charge in [-0.1, -0.05) is 24.4 Å². The van der Waals surface area contributed by atoms with Crippen LogP contribution in [0.25, 0.3) is 0 Å². The van der Waals surface area contributed by atoms with E-state index in [1.807, 2.05) is 0 Å². The van der Waals surface area contributed by atoms with Crippen LogP contribution in [0, 0.1) is 5.92 Å². The van der Waals surface area contributed by atoms with Gasteiger partial charge in [-0.3, -0.25) is 14.2 Å². The molecule has 1 aromatic rings. The third-order valence-corrected chi connectivity index (χ3v) is 3.84. The van der Waals surface area contributed by atoms with Crippen LogP contribution in [-0.2, 0) is 16.1 Å². The van der Waals surface area contributed by atoms with Gasteiger partial charge in [0, 0.05) is 12.6 Å². The number of carbonyl (C=O) groups excluding carboxylic acids is 1. The second kappa shape index (κ2) is 7.60. The van der Waals surface area contributed by atoms with E-state index in [-0.39, 0.29) is 30.2 Å². The fraction of sp³-hybridized carbons (Fsp3) is 0.643. The molecule has 1 unspecified atom stereocenters. The predicted molar refractivity (Wildman–Crippen MR) is 83.9 cm³/mol. The number of halogens is 1. The first kappa shape index (κ1) is 16.8. The molecule has 122 valence electrons. The van der Waals surface area contributed by atoms with Gasteiger partial charge in [0.2, 0.25) is 0 Å². The second-order valence-corrected chi connectivity index (χ2v) is 5.77. The summed E-state index contributed by atoms with van der Waals surface area (Å²) in [4.78, 5) is 28.0. The van der Waals surface area contributed by atoms with Gasteiger partial charge in [0.1, 0.15) is 11.7 Å². The van der Waals surface area contributed by atoms with Gasteiger partial charge in [-0.2, -0.15) is 0 Å². The lowest BCUT2D eigenvalue weighted by molar-refractivity contribution is -0.143. The summed E-state index contributed by atoms with van der Waals surface area (Å²) >= 11 is 5.95. The highest BCUT2D eigenvalue weighted by atomic mass is 35.5. The lowest BCUT2D eigenvalue weighted by Crippen LogP contribution is -2.35. The summed E-state index contributed by atoms with van der Waals surface area (Å²) in [6, 6.07) is -0.00933. The zero-order valence-electron chi connectivity index (χ0n) is 12.5. The van der Waals surface area contributed by atoms with Crippen molar-refractivity contribution in [2.45, 2.75) is 38.8 Å². The van der Waals surface area contributed by atoms with Crippen molar-refractivity contribution >= 4 is 23.4 Å². The summed E-state index contributed by atoms with van der Waals surface area (Å²) in [5.74, 6) is 0.317. The Balaban J connectivity index is 2.14. The summed E-state index contributed by atoms with van der Waals surface area (Å²) in [6.07, 6.45) is 4.67. The number of esters is 1.